The maximum absolute atomic E-state index is 6.47. The molecule has 2 rings (SSSR count). The highest BCUT2D eigenvalue weighted by molar-refractivity contribution is 5.33. The van der Waals surface area contributed by atoms with Crippen molar-refractivity contribution >= 4 is 0 Å². The summed E-state index contributed by atoms with van der Waals surface area (Å²) in [5.74, 6) is 0.857. The lowest BCUT2D eigenvalue weighted by molar-refractivity contribution is 0.413. The van der Waals surface area contributed by atoms with Crippen LogP contribution in [0.2, 0.25) is 0 Å². The number of methoxy groups -OCH3 is 1. The van der Waals surface area contributed by atoms with Crippen LogP contribution in [0.4, 0.5) is 0 Å². The van der Waals surface area contributed by atoms with Crippen molar-refractivity contribution in [3.63, 3.8) is 0 Å². The van der Waals surface area contributed by atoms with E-state index in [1.54, 1.807) is 7.11 Å². The maximum atomic E-state index is 6.47. The molecular weight excluding hydrogens is 234 g/mol. The van der Waals surface area contributed by atoms with Crippen molar-refractivity contribution in [2.24, 2.45) is 5.73 Å². The van der Waals surface area contributed by atoms with E-state index in [9.17, 15) is 0 Å². The largest absolute Gasteiger partial charge is 0.497 e. The molecule has 0 aliphatic rings. The topological polar surface area (TPSA) is 35.2 Å². The molecule has 19 heavy (non-hydrogen) atoms. The highest BCUT2D eigenvalue weighted by Crippen LogP contribution is 2.25. The van der Waals surface area contributed by atoms with Crippen LogP contribution in [0.5, 0.6) is 5.75 Å². The van der Waals surface area contributed by atoms with E-state index >= 15 is 0 Å². The Morgan fingerprint density at radius 2 is 1.79 bits per heavy atom. The van der Waals surface area contributed by atoms with Gasteiger partial charge < -0.3 is 10.5 Å². The molecule has 0 spiro atoms. The van der Waals surface area contributed by atoms with E-state index in [1.165, 1.54) is 11.1 Å². The monoisotopic (exact) mass is 255 g/mol. The first-order chi connectivity index (χ1) is 9.01. The zero-order chi connectivity index (χ0) is 13.9. The number of aryl methyl sites for hydroxylation is 1. The second-order valence-corrected chi connectivity index (χ2v) is 5.31. The van der Waals surface area contributed by atoms with Crippen molar-refractivity contribution in [3.8, 4) is 5.75 Å². The smallest absolute Gasteiger partial charge is 0.118 e. The average molecular weight is 255 g/mol. The standard InChI is InChI=1S/C17H21NO/c1-13-5-4-6-14(11-13)12-17(2,18)15-7-9-16(19-3)10-8-15/h4-11H,12,18H2,1-3H3. The second kappa shape index (κ2) is 5.45. The predicted octanol–water partition coefficient (Wildman–Crippen LogP) is 3.42. The lowest BCUT2D eigenvalue weighted by Crippen LogP contribution is -2.35. The average Bonchev–Trinajstić information content (AvgIpc) is 2.38. The molecule has 0 saturated carbocycles. The third-order valence-corrected chi connectivity index (χ3v) is 3.40. The SMILES string of the molecule is COc1ccc(C(C)(N)Cc2cccc(C)c2)cc1. The van der Waals surface area contributed by atoms with Gasteiger partial charge in [0.2, 0.25) is 0 Å². The van der Waals surface area contributed by atoms with Gasteiger partial charge in [-0.3, -0.25) is 0 Å². The van der Waals surface area contributed by atoms with E-state index in [2.05, 4.69) is 38.1 Å². The Bertz CT molecular complexity index is 543. The van der Waals surface area contributed by atoms with Gasteiger partial charge in [-0.15, -0.1) is 0 Å². The summed E-state index contributed by atoms with van der Waals surface area (Å²) in [7, 11) is 1.67. The summed E-state index contributed by atoms with van der Waals surface area (Å²) in [5.41, 5.74) is 9.75. The van der Waals surface area contributed by atoms with Crippen LogP contribution in [-0.4, -0.2) is 7.11 Å². The molecule has 0 saturated heterocycles. The van der Waals surface area contributed by atoms with Crippen molar-refractivity contribution in [1.29, 1.82) is 0 Å². The van der Waals surface area contributed by atoms with E-state index in [4.69, 9.17) is 10.5 Å². The fourth-order valence-corrected chi connectivity index (χ4v) is 2.32. The lowest BCUT2D eigenvalue weighted by Gasteiger charge is -2.26. The van der Waals surface area contributed by atoms with E-state index < -0.39 is 0 Å². The maximum Gasteiger partial charge on any atom is 0.118 e. The van der Waals surface area contributed by atoms with Gasteiger partial charge in [-0.2, -0.15) is 0 Å². The fraction of sp³-hybridized carbons (Fsp3) is 0.294. The molecule has 0 aliphatic carbocycles. The van der Waals surface area contributed by atoms with Gasteiger partial charge >= 0.3 is 0 Å². The fourth-order valence-electron chi connectivity index (χ4n) is 2.32. The van der Waals surface area contributed by atoms with E-state index in [-0.39, 0.29) is 5.54 Å². The first-order valence-corrected chi connectivity index (χ1v) is 6.50. The van der Waals surface area contributed by atoms with Crippen LogP contribution < -0.4 is 10.5 Å². The Hall–Kier alpha value is -1.80. The van der Waals surface area contributed by atoms with Crippen LogP contribution in [0.25, 0.3) is 0 Å². The molecule has 2 heteroatoms. The third kappa shape index (κ3) is 3.36. The predicted molar refractivity (Wildman–Crippen MR) is 79.4 cm³/mol. The van der Waals surface area contributed by atoms with Crippen LogP contribution in [0.3, 0.4) is 0 Å². The van der Waals surface area contributed by atoms with Gasteiger partial charge in [0.1, 0.15) is 5.75 Å². The first-order valence-electron chi connectivity index (χ1n) is 6.50. The Balaban J connectivity index is 2.21. The number of ether oxygens (including phenoxy) is 1. The second-order valence-electron chi connectivity index (χ2n) is 5.31. The van der Waals surface area contributed by atoms with Crippen molar-refractivity contribution in [2.75, 3.05) is 7.11 Å². The van der Waals surface area contributed by atoms with Gasteiger partial charge in [0, 0.05) is 5.54 Å². The quantitative estimate of drug-likeness (QED) is 0.908. The molecule has 1 unspecified atom stereocenters. The molecule has 0 radical (unpaired) electrons. The van der Waals surface area contributed by atoms with Crippen molar-refractivity contribution < 1.29 is 4.74 Å². The summed E-state index contributed by atoms with van der Waals surface area (Å²) < 4.78 is 5.18. The number of nitrogens with two attached hydrogens (primary N) is 1. The number of hydrogen-bond acceptors (Lipinski definition) is 2. The summed E-state index contributed by atoms with van der Waals surface area (Å²) in [5, 5.41) is 0. The molecule has 2 aromatic rings. The molecule has 0 heterocycles. The van der Waals surface area contributed by atoms with E-state index in [0.29, 0.717) is 0 Å². The van der Waals surface area contributed by atoms with Crippen molar-refractivity contribution in [2.45, 2.75) is 25.8 Å². The van der Waals surface area contributed by atoms with Gasteiger partial charge in [0.05, 0.1) is 7.11 Å². The van der Waals surface area contributed by atoms with Crippen LogP contribution >= 0.6 is 0 Å². The minimum atomic E-state index is -0.375. The van der Waals surface area contributed by atoms with Gasteiger partial charge in [-0.05, 0) is 43.5 Å². The van der Waals surface area contributed by atoms with E-state index in [0.717, 1.165) is 17.7 Å². The minimum Gasteiger partial charge on any atom is -0.497 e. The van der Waals surface area contributed by atoms with Crippen LogP contribution in [0.1, 0.15) is 23.6 Å². The van der Waals surface area contributed by atoms with Crippen LogP contribution in [0.15, 0.2) is 48.5 Å². The number of rotatable bonds is 4. The summed E-state index contributed by atoms with van der Waals surface area (Å²) in [4.78, 5) is 0. The Kier molecular flexibility index (Phi) is 3.91. The molecule has 0 fully saturated rings. The molecule has 0 amide bonds. The summed E-state index contributed by atoms with van der Waals surface area (Å²) >= 11 is 0. The van der Waals surface area contributed by atoms with Crippen LogP contribution in [0, 0.1) is 6.92 Å². The molecule has 0 aliphatic heterocycles. The Morgan fingerprint density at radius 1 is 1.11 bits per heavy atom. The normalized spacial score (nSPS) is 13.9. The molecule has 2 aromatic carbocycles. The van der Waals surface area contributed by atoms with E-state index in [1.807, 2.05) is 24.3 Å². The lowest BCUT2D eigenvalue weighted by atomic mass is 9.86. The molecule has 2 nitrogen and oxygen atoms in total. The number of hydrogen-bond donors (Lipinski definition) is 1. The van der Waals surface area contributed by atoms with Crippen molar-refractivity contribution in [3.05, 3.63) is 65.2 Å². The molecule has 0 aromatic heterocycles. The third-order valence-electron chi connectivity index (χ3n) is 3.40. The Labute approximate surface area is 115 Å². The zero-order valence-corrected chi connectivity index (χ0v) is 11.8. The van der Waals surface area contributed by atoms with Gasteiger partial charge in [-0.25, -0.2) is 0 Å². The summed E-state index contributed by atoms with van der Waals surface area (Å²) in [6.45, 7) is 4.17. The molecule has 2 N–H and O–H groups in total. The highest BCUT2D eigenvalue weighted by Gasteiger charge is 2.21. The first kappa shape index (κ1) is 13.6. The summed E-state index contributed by atoms with van der Waals surface area (Å²) in [6, 6.07) is 16.5. The van der Waals surface area contributed by atoms with Gasteiger partial charge in [0.15, 0.2) is 0 Å². The molecular formula is C17H21NO. The van der Waals surface area contributed by atoms with Gasteiger partial charge in [-0.1, -0.05) is 42.0 Å². The van der Waals surface area contributed by atoms with Crippen molar-refractivity contribution in [1.82, 2.24) is 0 Å². The molecule has 0 bridgehead atoms. The zero-order valence-electron chi connectivity index (χ0n) is 11.8. The summed E-state index contributed by atoms with van der Waals surface area (Å²) in [6.07, 6.45) is 0.820. The molecule has 100 valence electrons. The highest BCUT2D eigenvalue weighted by atomic mass is 16.5. The van der Waals surface area contributed by atoms with Crippen LogP contribution in [-0.2, 0) is 12.0 Å². The van der Waals surface area contributed by atoms with Gasteiger partial charge in [0.25, 0.3) is 0 Å². The molecule has 1 atom stereocenters. The Morgan fingerprint density at radius 3 is 2.37 bits per heavy atom. The number of benzene rings is 2. The minimum absolute atomic E-state index is 0.375.